The molecule has 1 atom stereocenters. The summed E-state index contributed by atoms with van der Waals surface area (Å²) in [4.78, 5) is 4.71. The second kappa shape index (κ2) is 6.46. The Bertz CT molecular complexity index is 750. The van der Waals surface area contributed by atoms with E-state index in [1.807, 2.05) is 29.6 Å². The third-order valence-electron chi connectivity index (χ3n) is 3.53. The van der Waals surface area contributed by atoms with Gasteiger partial charge in [-0.3, -0.25) is 0 Å². The Morgan fingerprint density at radius 2 is 2.19 bits per heavy atom. The smallest absolute Gasteiger partial charge is 0.112 e. The Labute approximate surface area is 141 Å². The number of aliphatic hydroxyl groups excluding tert-OH is 1. The molecule has 1 N–H and O–H groups in total. The largest absolute Gasteiger partial charge is 0.388 e. The van der Waals surface area contributed by atoms with E-state index in [1.54, 1.807) is 11.3 Å². The molecule has 0 radical (unpaired) electrons. The first-order valence-electron chi connectivity index (χ1n) is 7.05. The van der Waals surface area contributed by atoms with Crippen molar-refractivity contribution in [3.05, 3.63) is 50.0 Å². The van der Waals surface area contributed by atoms with Gasteiger partial charge in [0, 0.05) is 13.0 Å². The van der Waals surface area contributed by atoms with Crippen molar-refractivity contribution in [3.63, 3.8) is 0 Å². The average Bonchev–Trinajstić information content (AvgIpc) is 3.04. The van der Waals surface area contributed by atoms with Crippen LogP contribution >= 0.6 is 33.9 Å². The number of rotatable bonds is 5. The molecule has 0 aliphatic rings. The molecule has 0 bridgehead atoms. The highest BCUT2D eigenvalue weighted by atomic mass is 127. The van der Waals surface area contributed by atoms with Gasteiger partial charge in [-0.15, -0.1) is 11.3 Å². The maximum atomic E-state index is 10.5. The van der Waals surface area contributed by atoms with Crippen LogP contribution in [0.1, 0.15) is 30.8 Å². The van der Waals surface area contributed by atoms with Crippen LogP contribution in [0.3, 0.4) is 0 Å². The number of hydrogen-bond acceptors (Lipinski definition) is 3. The number of aryl methyl sites for hydroxylation is 1. The number of aromatic nitrogens is 2. The second-order valence-electron chi connectivity index (χ2n) is 5.07. The molecule has 0 amide bonds. The van der Waals surface area contributed by atoms with Gasteiger partial charge in [0.25, 0.3) is 0 Å². The van der Waals surface area contributed by atoms with Crippen molar-refractivity contribution in [3.8, 4) is 0 Å². The predicted octanol–water partition coefficient (Wildman–Crippen LogP) is 4.39. The highest BCUT2D eigenvalue weighted by Crippen LogP contribution is 2.26. The van der Waals surface area contributed by atoms with Crippen molar-refractivity contribution in [2.75, 3.05) is 0 Å². The molecule has 110 valence electrons. The van der Waals surface area contributed by atoms with Gasteiger partial charge in [-0.05, 0) is 58.2 Å². The van der Waals surface area contributed by atoms with Gasteiger partial charge in [0.2, 0.25) is 0 Å². The molecule has 0 saturated carbocycles. The molecule has 0 saturated heterocycles. The lowest BCUT2D eigenvalue weighted by molar-refractivity contribution is 0.175. The number of aliphatic hydroxyl groups is 1. The summed E-state index contributed by atoms with van der Waals surface area (Å²) in [5.41, 5.74) is 3.15. The van der Waals surface area contributed by atoms with E-state index in [4.69, 9.17) is 4.98 Å². The first-order valence-corrected chi connectivity index (χ1v) is 9.01. The van der Waals surface area contributed by atoms with Crippen LogP contribution in [-0.2, 0) is 13.0 Å². The van der Waals surface area contributed by atoms with E-state index in [1.165, 1.54) is 2.88 Å². The maximum Gasteiger partial charge on any atom is 0.112 e. The summed E-state index contributed by atoms with van der Waals surface area (Å²) in [7, 11) is 0. The van der Waals surface area contributed by atoms with E-state index >= 15 is 0 Å². The van der Waals surface area contributed by atoms with Gasteiger partial charge >= 0.3 is 0 Å². The minimum absolute atomic E-state index is 0.489. The van der Waals surface area contributed by atoms with Crippen molar-refractivity contribution >= 4 is 45.0 Å². The number of para-hydroxylation sites is 2. The lowest BCUT2D eigenvalue weighted by atomic mass is 10.1. The molecule has 3 rings (SSSR count). The SMILES string of the molecule is CCCn1c(CC(O)c2csc(I)c2)nc2ccccc21. The number of benzene rings is 1. The van der Waals surface area contributed by atoms with Crippen LogP contribution in [0.2, 0.25) is 0 Å². The third-order valence-corrected chi connectivity index (χ3v) is 5.34. The van der Waals surface area contributed by atoms with Crippen molar-refractivity contribution in [1.82, 2.24) is 9.55 Å². The van der Waals surface area contributed by atoms with Crippen LogP contribution in [0, 0.1) is 2.88 Å². The molecule has 0 aliphatic heterocycles. The van der Waals surface area contributed by atoms with Crippen molar-refractivity contribution in [2.24, 2.45) is 0 Å². The fraction of sp³-hybridized carbons (Fsp3) is 0.312. The molecule has 3 nitrogen and oxygen atoms in total. The second-order valence-corrected chi connectivity index (χ2v) is 7.88. The zero-order valence-electron chi connectivity index (χ0n) is 11.8. The van der Waals surface area contributed by atoms with Gasteiger partial charge in [-0.1, -0.05) is 19.1 Å². The molecule has 1 aromatic carbocycles. The number of thiophene rings is 1. The van der Waals surface area contributed by atoms with Crippen LogP contribution in [0.4, 0.5) is 0 Å². The highest BCUT2D eigenvalue weighted by Gasteiger charge is 2.16. The Morgan fingerprint density at radius 3 is 2.90 bits per heavy atom. The first-order chi connectivity index (χ1) is 10.2. The molecule has 3 aromatic rings. The minimum atomic E-state index is -0.489. The molecule has 0 aliphatic carbocycles. The van der Waals surface area contributed by atoms with Crippen LogP contribution in [0.15, 0.2) is 35.7 Å². The molecule has 2 heterocycles. The zero-order valence-corrected chi connectivity index (χ0v) is 14.8. The molecule has 2 aromatic heterocycles. The summed E-state index contributed by atoms with van der Waals surface area (Å²) in [6, 6.07) is 10.2. The fourth-order valence-electron chi connectivity index (χ4n) is 2.54. The van der Waals surface area contributed by atoms with Gasteiger partial charge < -0.3 is 9.67 Å². The summed E-state index contributed by atoms with van der Waals surface area (Å²) in [5, 5.41) is 12.5. The third kappa shape index (κ3) is 3.14. The van der Waals surface area contributed by atoms with Crippen molar-refractivity contribution < 1.29 is 5.11 Å². The predicted molar refractivity (Wildman–Crippen MR) is 95.7 cm³/mol. The van der Waals surface area contributed by atoms with Crippen LogP contribution in [0.5, 0.6) is 0 Å². The monoisotopic (exact) mass is 412 g/mol. The highest BCUT2D eigenvalue weighted by molar-refractivity contribution is 14.1. The van der Waals surface area contributed by atoms with Crippen LogP contribution in [-0.4, -0.2) is 14.7 Å². The first kappa shape index (κ1) is 15.0. The van der Waals surface area contributed by atoms with Gasteiger partial charge in [-0.2, -0.15) is 0 Å². The minimum Gasteiger partial charge on any atom is -0.388 e. The number of imidazole rings is 1. The number of fused-ring (bicyclic) bond motifs is 1. The topological polar surface area (TPSA) is 38.0 Å². The summed E-state index contributed by atoms with van der Waals surface area (Å²) >= 11 is 3.95. The Morgan fingerprint density at radius 1 is 1.38 bits per heavy atom. The quantitative estimate of drug-likeness (QED) is 0.632. The van der Waals surface area contributed by atoms with E-state index < -0.39 is 6.10 Å². The molecule has 0 fully saturated rings. The summed E-state index contributed by atoms with van der Waals surface area (Å²) < 4.78 is 3.43. The van der Waals surface area contributed by atoms with E-state index in [0.29, 0.717) is 6.42 Å². The van der Waals surface area contributed by atoms with Gasteiger partial charge in [0.05, 0.1) is 20.0 Å². The molecule has 0 spiro atoms. The average molecular weight is 412 g/mol. The van der Waals surface area contributed by atoms with Gasteiger partial charge in [-0.25, -0.2) is 4.98 Å². The number of halogens is 1. The van der Waals surface area contributed by atoms with Crippen LogP contribution in [0.25, 0.3) is 11.0 Å². The molecular weight excluding hydrogens is 395 g/mol. The zero-order chi connectivity index (χ0) is 14.8. The Hall–Kier alpha value is -0.920. The normalized spacial score (nSPS) is 12.9. The van der Waals surface area contributed by atoms with Crippen molar-refractivity contribution in [1.29, 1.82) is 0 Å². The lowest BCUT2D eigenvalue weighted by Gasteiger charge is -2.11. The Kier molecular flexibility index (Phi) is 4.61. The molecule has 1 unspecified atom stereocenters. The molecular formula is C16H17IN2OS. The van der Waals surface area contributed by atoms with Crippen LogP contribution < -0.4 is 0 Å². The van der Waals surface area contributed by atoms with E-state index in [9.17, 15) is 5.11 Å². The van der Waals surface area contributed by atoms with E-state index in [2.05, 4.69) is 40.1 Å². The molecule has 21 heavy (non-hydrogen) atoms. The standard InChI is InChI=1S/C16H17IN2OS/c1-2-7-19-13-6-4-3-5-12(13)18-16(19)9-14(20)11-8-15(17)21-10-11/h3-6,8,10,14,20H,2,7,9H2,1H3. The van der Waals surface area contributed by atoms with E-state index in [0.717, 1.165) is 35.4 Å². The summed E-state index contributed by atoms with van der Waals surface area (Å²) in [6.45, 7) is 3.10. The van der Waals surface area contributed by atoms with Gasteiger partial charge in [0.1, 0.15) is 5.82 Å². The number of hydrogen-bond donors (Lipinski definition) is 1. The summed E-state index contributed by atoms with van der Waals surface area (Å²) in [6.07, 6.45) is 1.12. The fourth-order valence-corrected chi connectivity index (χ4v) is 3.96. The lowest BCUT2D eigenvalue weighted by Crippen LogP contribution is -2.08. The summed E-state index contributed by atoms with van der Waals surface area (Å²) in [5.74, 6) is 0.965. The van der Waals surface area contributed by atoms with Crippen molar-refractivity contribution in [2.45, 2.75) is 32.4 Å². The number of nitrogens with zero attached hydrogens (tertiary/aromatic N) is 2. The van der Waals surface area contributed by atoms with E-state index in [-0.39, 0.29) is 0 Å². The maximum absolute atomic E-state index is 10.5. The molecule has 5 heteroatoms. The Balaban J connectivity index is 1.94. The van der Waals surface area contributed by atoms with Gasteiger partial charge in [0.15, 0.2) is 0 Å².